The highest BCUT2D eigenvalue weighted by atomic mass is 16.3. The summed E-state index contributed by atoms with van der Waals surface area (Å²) in [6.45, 7) is 0.509. The Balaban J connectivity index is 1.99. The number of rotatable bonds is 6. The highest BCUT2D eigenvalue weighted by Crippen LogP contribution is 2.18. The van der Waals surface area contributed by atoms with Gasteiger partial charge in [-0.3, -0.25) is 0 Å². The minimum Gasteiger partial charge on any atom is -0.388 e. The lowest BCUT2D eigenvalue weighted by molar-refractivity contribution is 0.170. The average Bonchev–Trinajstić information content (AvgIpc) is 2.47. The molecule has 2 aromatic rings. The quantitative estimate of drug-likeness (QED) is 0.833. The summed E-state index contributed by atoms with van der Waals surface area (Å²) in [6, 6.07) is 18.6. The molecule has 0 aromatic heterocycles. The highest BCUT2D eigenvalue weighted by Gasteiger charge is 2.06. The Kier molecular flexibility index (Phi) is 5.13. The molecule has 1 atom stereocenters. The molecule has 0 radical (unpaired) electrons. The van der Waals surface area contributed by atoms with E-state index in [2.05, 4.69) is 36.4 Å². The number of nitrogens with two attached hydrogens (primary N) is 1. The van der Waals surface area contributed by atoms with Crippen molar-refractivity contribution in [1.29, 1.82) is 0 Å². The summed E-state index contributed by atoms with van der Waals surface area (Å²) in [6.07, 6.45) is 2.19. The number of aryl methyl sites for hydroxylation is 2. The number of aliphatic hydroxyl groups excluding tert-OH is 1. The second kappa shape index (κ2) is 7.07. The van der Waals surface area contributed by atoms with E-state index in [1.54, 1.807) is 0 Å². The van der Waals surface area contributed by atoms with Crippen LogP contribution in [0.15, 0.2) is 54.6 Å². The van der Waals surface area contributed by atoms with Crippen LogP contribution in [0.1, 0.15) is 29.2 Å². The van der Waals surface area contributed by atoms with Crippen molar-refractivity contribution >= 4 is 0 Å². The second-order valence-corrected chi connectivity index (χ2v) is 4.82. The number of aliphatic hydroxyl groups is 1. The molecule has 19 heavy (non-hydrogen) atoms. The monoisotopic (exact) mass is 255 g/mol. The summed E-state index contributed by atoms with van der Waals surface area (Å²) in [5, 5.41) is 9.95. The van der Waals surface area contributed by atoms with Gasteiger partial charge in [-0.1, -0.05) is 54.6 Å². The van der Waals surface area contributed by atoms with Crippen molar-refractivity contribution in [3.05, 3.63) is 71.3 Å². The van der Waals surface area contributed by atoms with Gasteiger partial charge >= 0.3 is 0 Å². The molecular formula is C17H21NO. The van der Waals surface area contributed by atoms with E-state index in [1.165, 1.54) is 11.1 Å². The van der Waals surface area contributed by atoms with E-state index >= 15 is 0 Å². The van der Waals surface area contributed by atoms with Gasteiger partial charge in [0, 0.05) is 0 Å². The van der Waals surface area contributed by atoms with Gasteiger partial charge in [0.1, 0.15) is 0 Å². The Labute approximate surface area is 114 Å². The Morgan fingerprint density at radius 3 is 2.32 bits per heavy atom. The van der Waals surface area contributed by atoms with Crippen molar-refractivity contribution in [1.82, 2.24) is 0 Å². The Bertz CT molecular complexity index is 496. The zero-order chi connectivity index (χ0) is 13.5. The minimum absolute atomic E-state index is 0.443. The van der Waals surface area contributed by atoms with Gasteiger partial charge in [-0.25, -0.2) is 0 Å². The van der Waals surface area contributed by atoms with Crippen LogP contribution in [0.3, 0.4) is 0 Å². The summed E-state index contributed by atoms with van der Waals surface area (Å²) in [7, 11) is 0. The summed E-state index contributed by atoms with van der Waals surface area (Å²) in [5.74, 6) is 0. The van der Waals surface area contributed by atoms with Crippen LogP contribution in [0.4, 0.5) is 0 Å². The molecule has 2 rings (SSSR count). The van der Waals surface area contributed by atoms with E-state index in [1.807, 2.05) is 18.2 Å². The SMILES string of the molecule is NCC[C@@H](O)c1cccc(CCc2ccccc2)c1. The van der Waals surface area contributed by atoms with E-state index in [0.717, 1.165) is 18.4 Å². The normalized spacial score (nSPS) is 12.3. The Morgan fingerprint density at radius 2 is 1.58 bits per heavy atom. The van der Waals surface area contributed by atoms with Crippen LogP contribution >= 0.6 is 0 Å². The molecule has 0 saturated heterocycles. The third-order valence-corrected chi connectivity index (χ3v) is 3.32. The van der Waals surface area contributed by atoms with Gasteiger partial charge in [-0.15, -0.1) is 0 Å². The van der Waals surface area contributed by atoms with Gasteiger partial charge in [0.2, 0.25) is 0 Å². The minimum atomic E-state index is -0.443. The molecule has 0 aliphatic carbocycles. The largest absolute Gasteiger partial charge is 0.388 e. The van der Waals surface area contributed by atoms with Crippen LogP contribution in [0.5, 0.6) is 0 Å². The maximum atomic E-state index is 9.95. The van der Waals surface area contributed by atoms with Gasteiger partial charge in [0.25, 0.3) is 0 Å². The van der Waals surface area contributed by atoms with Gasteiger partial charge in [0.05, 0.1) is 6.10 Å². The smallest absolute Gasteiger partial charge is 0.0802 e. The first-order valence-corrected chi connectivity index (χ1v) is 6.80. The fraction of sp³-hybridized carbons (Fsp3) is 0.294. The standard InChI is InChI=1S/C17H21NO/c18-12-11-17(19)16-8-4-7-15(13-16)10-9-14-5-2-1-3-6-14/h1-8,13,17,19H,9-12,18H2/t17-/m1/s1. The molecule has 2 heteroatoms. The topological polar surface area (TPSA) is 46.2 Å². The van der Waals surface area contributed by atoms with Crippen LogP contribution in [-0.4, -0.2) is 11.7 Å². The first-order valence-electron chi connectivity index (χ1n) is 6.80. The Morgan fingerprint density at radius 1 is 0.895 bits per heavy atom. The van der Waals surface area contributed by atoms with Crippen molar-refractivity contribution < 1.29 is 5.11 Å². The van der Waals surface area contributed by atoms with E-state index < -0.39 is 6.10 Å². The highest BCUT2D eigenvalue weighted by molar-refractivity contribution is 5.26. The van der Waals surface area contributed by atoms with Crippen LogP contribution in [0, 0.1) is 0 Å². The van der Waals surface area contributed by atoms with Gasteiger partial charge < -0.3 is 10.8 Å². The van der Waals surface area contributed by atoms with E-state index in [0.29, 0.717) is 13.0 Å². The van der Waals surface area contributed by atoms with Crippen LogP contribution in [-0.2, 0) is 12.8 Å². The van der Waals surface area contributed by atoms with Gasteiger partial charge in [-0.05, 0) is 42.5 Å². The fourth-order valence-corrected chi connectivity index (χ4v) is 2.21. The summed E-state index contributed by atoms with van der Waals surface area (Å²) in [4.78, 5) is 0. The number of benzene rings is 2. The molecule has 3 N–H and O–H groups in total. The van der Waals surface area contributed by atoms with Crippen LogP contribution in [0.2, 0.25) is 0 Å². The zero-order valence-corrected chi connectivity index (χ0v) is 11.1. The maximum absolute atomic E-state index is 9.95. The summed E-state index contributed by atoms with van der Waals surface area (Å²) >= 11 is 0. The van der Waals surface area contributed by atoms with E-state index in [4.69, 9.17) is 5.73 Å². The molecule has 0 saturated carbocycles. The number of hydrogen-bond donors (Lipinski definition) is 2. The van der Waals surface area contributed by atoms with Crippen molar-refractivity contribution in [3.8, 4) is 0 Å². The molecule has 0 unspecified atom stereocenters. The molecule has 0 aliphatic heterocycles. The molecule has 100 valence electrons. The molecule has 2 aromatic carbocycles. The van der Waals surface area contributed by atoms with Gasteiger partial charge in [0.15, 0.2) is 0 Å². The summed E-state index contributed by atoms with van der Waals surface area (Å²) < 4.78 is 0. The lowest BCUT2D eigenvalue weighted by Gasteiger charge is -2.11. The lowest BCUT2D eigenvalue weighted by atomic mass is 9.99. The first kappa shape index (κ1) is 13.8. The average molecular weight is 255 g/mol. The van der Waals surface area contributed by atoms with Gasteiger partial charge in [-0.2, -0.15) is 0 Å². The zero-order valence-electron chi connectivity index (χ0n) is 11.1. The molecule has 2 nitrogen and oxygen atoms in total. The molecule has 0 amide bonds. The predicted octanol–water partition coefficient (Wildman–Crippen LogP) is 2.85. The predicted molar refractivity (Wildman–Crippen MR) is 78.9 cm³/mol. The van der Waals surface area contributed by atoms with Crippen molar-refractivity contribution in [2.45, 2.75) is 25.4 Å². The second-order valence-electron chi connectivity index (χ2n) is 4.82. The van der Waals surface area contributed by atoms with E-state index in [9.17, 15) is 5.11 Å². The van der Waals surface area contributed by atoms with Crippen molar-refractivity contribution in [3.63, 3.8) is 0 Å². The molecule has 0 spiro atoms. The molecule has 0 bridgehead atoms. The van der Waals surface area contributed by atoms with Crippen molar-refractivity contribution in [2.75, 3.05) is 6.54 Å². The third-order valence-electron chi connectivity index (χ3n) is 3.32. The number of hydrogen-bond acceptors (Lipinski definition) is 2. The van der Waals surface area contributed by atoms with Crippen LogP contribution in [0.25, 0.3) is 0 Å². The maximum Gasteiger partial charge on any atom is 0.0802 e. The molecule has 0 aliphatic rings. The first-order chi connectivity index (χ1) is 9.29. The lowest BCUT2D eigenvalue weighted by Crippen LogP contribution is -2.07. The molecule has 0 heterocycles. The fourth-order valence-electron chi connectivity index (χ4n) is 2.21. The molecule has 0 fully saturated rings. The van der Waals surface area contributed by atoms with E-state index in [-0.39, 0.29) is 0 Å². The summed E-state index contributed by atoms with van der Waals surface area (Å²) in [5.41, 5.74) is 9.05. The van der Waals surface area contributed by atoms with Crippen LogP contribution < -0.4 is 5.73 Å². The third kappa shape index (κ3) is 4.19. The Hall–Kier alpha value is -1.64. The molecular weight excluding hydrogens is 234 g/mol. The van der Waals surface area contributed by atoms with Crippen molar-refractivity contribution in [2.24, 2.45) is 5.73 Å².